The molecule has 1 aliphatic heterocycles. The first-order valence-electron chi connectivity index (χ1n) is 5.60. The van der Waals surface area contributed by atoms with Crippen LogP contribution in [0.5, 0.6) is 0 Å². The Morgan fingerprint density at radius 3 is 2.89 bits per heavy atom. The first-order chi connectivity index (χ1) is 8.56. The third-order valence-electron chi connectivity index (χ3n) is 2.75. The highest BCUT2D eigenvalue weighted by Crippen LogP contribution is 2.35. The van der Waals surface area contributed by atoms with Gasteiger partial charge in [0, 0.05) is 6.21 Å². The van der Waals surface area contributed by atoms with Gasteiger partial charge in [-0.15, -0.1) is 0 Å². The fourth-order valence-electron chi connectivity index (χ4n) is 1.84. The molecule has 1 aromatic carbocycles. The van der Waals surface area contributed by atoms with Gasteiger partial charge in [-0.3, -0.25) is 14.6 Å². The molecule has 4 nitrogen and oxygen atoms in total. The van der Waals surface area contributed by atoms with Crippen LogP contribution in [0.3, 0.4) is 0 Å². The molecule has 0 bridgehead atoms. The Balaban J connectivity index is 2.46. The molecule has 0 amide bonds. The highest BCUT2D eigenvalue weighted by Gasteiger charge is 2.33. The minimum Gasteiger partial charge on any atom is -0.465 e. The molecule has 1 atom stereocenters. The number of ketones is 1. The maximum Gasteiger partial charge on any atom is 0.322 e. The van der Waals surface area contributed by atoms with Crippen molar-refractivity contribution in [3.05, 3.63) is 28.3 Å². The van der Waals surface area contributed by atoms with Gasteiger partial charge in [0.25, 0.3) is 0 Å². The lowest BCUT2D eigenvalue weighted by Crippen LogP contribution is -2.30. The maximum atomic E-state index is 12.2. The van der Waals surface area contributed by atoms with E-state index in [9.17, 15) is 9.59 Å². The van der Waals surface area contributed by atoms with Gasteiger partial charge < -0.3 is 4.74 Å². The summed E-state index contributed by atoms with van der Waals surface area (Å²) in [7, 11) is 0. The summed E-state index contributed by atoms with van der Waals surface area (Å²) in [5.41, 5.74) is 1.69. The molecule has 0 saturated heterocycles. The highest BCUT2D eigenvalue weighted by molar-refractivity contribution is 6.37. The Morgan fingerprint density at radius 1 is 1.50 bits per heavy atom. The number of hydrogen-bond acceptors (Lipinski definition) is 4. The van der Waals surface area contributed by atoms with Gasteiger partial charge in [0.1, 0.15) is 0 Å². The average Bonchev–Trinajstić information content (AvgIpc) is 2.34. The van der Waals surface area contributed by atoms with Crippen LogP contribution in [0.4, 0.5) is 5.69 Å². The number of benzene rings is 1. The van der Waals surface area contributed by atoms with Crippen molar-refractivity contribution in [3.63, 3.8) is 0 Å². The first kappa shape index (κ1) is 12.8. The van der Waals surface area contributed by atoms with Crippen LogP contribution in [0.2, 0.25) is 5.02 Å². The number of Topliss-reactive ketones (excluding diaryl/α,β-unsaturated/α-hetero) is 1. The molecule has 1 unspecified atom stereocenters. The molecular formula is C13H12ClNO3. The number of esters is 1. The van der Waals surface area contributed by atoms with Crippen molar-refractivity contribution in [1.29, 1.82) is 0 Å². The van der Waals surface area contributed by atoms with Crippen molar-refractivity contribution >= 4 is 35.3 Å². The van der Waals surface area contributed by atoms with E-state index in [2.05, 4.69) is 4.99 Å². The van der Waals surface area contributed by atoms with Crippen LogP contribution >= 0.6 is 11.6 Å². The summed E-state index contributed by atoms with van der Waals surface area (Å²) >= 11 is 6.01. The summed E-state index contributed by atoms with van der Waals surface area (Å²) in [6, 6.07) is 3.42. The second-order valence-corrected chi connectivity index (χ2v) is 4.37. The number of ether oxygens (including phenoxy) is 1. The SMILES string of the molecule is CCOC(=O)C1C=Nc2c(C)ccc(Cl)c2C1=O. The molecule has 1 heterocycles. The molecule has 0 spiro atoms. The molecule has 1 aromatic rings. The number of hydrogen-bond donors (Lipinski definition) is 0. The number of aliphatic imine (C=N–C) groups is 1. The van der Waals surface area contributed by atoms with Crippen molar-refractivity contribution in [2.24, 2.45) is 10.9 Å². The summed E-state index contributed by atoms with van der Waals surface area (Å²) in [5.74, 6) is -1.93. The average molecular weight is 266 g/mol. The van der Waals surface area contributed by atoms with Crippen LogP contribution in [-0.4, -0.2) is 24.6 Å². The van der Waals surface area contributed by atoms with Crippen molar-refractivity contribution in [2.45, 2.75) is 13.8 Å². The predicted molar refractivity (Wildman–Crippen MR) is 68.8 cm³/mol. The molecule has 0 fully saturated rings. The topological polar surface area (TPSA) is 55.7 Å². The Kier molecular flexibility index (Phi) is 3.48. The second-order valence-electron chi connectivity index (χ2n) is 3.96. The lowest BCUT2D eigenvalue weighted by molar-refractivity contribution is -0.143. The number of nitrogens with zero attached hydrogens (tertiary/aromatic N) is 1. The van der Waals surface area contributed by atoms with E-state index in [0.717, 1.165) is 5.56 Å². The molecule has 0 aromatic heterocycles. The van der Waals surface area contributed by atoms with E-state index in [-0.39, 0.29) is 12.4 Å². The van der Waals surface area contributed by atoms with Crippen LogP contribution in [0.15, 0.2) is 17.1 Å². The van der Waals surface area contributed by atoms with Crippen molar-refractivity contribution < 1.29 is 14.3 Å². The normalized spacial score (nSPS) is 17.5. The van der Waals surface area contributed by atoms with Gasteiger partial charge >= 0.3 is 5.97 Å². The van der Waals surface area contributed by atoms with E-state index in [0.29, 0.717) is 16.3 Å². The van der Waals surface area contributed by atoms with Crippen molar-refractivity contribution in [2.75, 3.05) is 6.61 Å². The maximum absolute atomic E-state index is 12.2. The van der Waals surface area contributed by atoms with E-state index >= 15 is 0 Å². The summed E-state index contributed by atoms with van der Waals surface area (Å²) in [6.07, 6.45) is 1.33. The quantitative estimate of drug-likeness (QED) is 0.610. The third kappa shape index (κ3) is 2.04. The van der Waals surface area contributed by atoms with Crippen LogP contribution in [0, 0.1) is 12.8 Å². The largest absolute Gasteiger partial charge is 0.465 e. The second kappa shape index (κ2) is 4.90. The fourth-order valence-corrected chi connectivity index (χ4v) is 2.09. The molecule has 0 N–H and O–H groups in total. The summed E-state index contributed by atoms with van der Waals surface area (Å²) in [6.45, 7) is 3.75. The molecule has 0 aliphatic carbocycles. The smallest absolute Gasteiger partial charge is 0.322 e. The zero-order valence-electron chi connectivity index (χ0n) is 10.1. The molecule has 0 saturated carbocycles. The number of carbonyl (C=O) groups is 2. The Hall–Kier alpha value is -1.68. The van der Waals surface area contributed by atoms with Crippen LogP contribution in [0.1, 0.15) is 22.8 Å². The number of fused-ring (bicyclic) bond motifs is 1. The Bertz CT molecular complexity index is 551. The minimum absolute atomic E-state index is 0.227. The highest BCUT2D eigenvalue weighted by atomic mass is 35.5. The Morgan fingerprint density at radius 2 is 2.22 bits per heavy atom. The van der Waals surface area contributed by atoms with E-state index in [4.69, 9.17) is 16.3 Å². The lowest BCUT2D eigenvalue weighted by Gasteiger charge is -2.18. The van der Waals surface area contributed by atoms with Crippen molar-refractivity contribution in [1.82, 2.24) is 0 Å². The number of aryl methyl sites for hydroxylation is 1. The number of carbonyl (C=O) groups excluding carboxylic acids is 2. The zero-order valence-corrected chi connectivity index (χ0v) is 10.8. The van der Waals surface area contributed by atoms with Gasteiger partial charge in [0.15, 0.2) is 11.7 Å². The van der Waals surface area contributed by atoms with E-state index < -0.39 is 11.9 Å². The monoisotopic (exact) mass is 265 g/mol. The molecule has 0 radical (unpaired) electrons. The lowest BCUT2D eigenvalue weighted by atomic mass is 9.93. The molecule has 5 heteroatoms. The predicted octanol–water partition coefficient (Wildman–Crippen LogP) is 2.73. The van der Waals surface area contributed by atoms with E-state index in [1.54, 1.807) is 19.1 Å². The number of rotatable bonds is 2. The van der Waals surface area contributed by atoms with Gasteiger partial charge in [-0.25, -0.2) is 0 Å². The Labute approximate surface area is 110 Å². The molecule has 1 aliphatic rings. The summed E-state index contributed by atoms with van der Waals surface area (Å²) in [4.78, 5) is 28.0. The molecule has 94 valence electrons. The molecule has 18 heavy (non-hydrogen) atoms. The fraction of sp³-hybridized carbons (Fsp3) is 0.308. The minimum atomic E-state index is -0.989. The van der Waals surface area contributed by atoms with Gasteiger partial charge in [-0.2, -0.15) is 0 Å². The van der Waals surface area contributed by atoms with Gasteiger partial charge in [0.05, 0.1) is 22.9 Å². The summed E-state index contributed by atoms with van der Waals surface area (Å²) < 4.78 is 4.84. The summed E-state index contributed by atoms with van der Waals surface area (Å²) in [5, 5.41) is 0.312. The zero-order chi connectivity index (χ0) is 13.3. The van der Waals surface area contributed by atoms with Crippen LogP contribution in [-0.2, 0) is 9.53 Å². The van der Waals surface area contributed by atoms with Gasteiger partial charge in [0.2, 0.25) is 0 Å². The van der Waals surface area contributed by atoms with Crippen molar-refractivity contribution in [3.8, 4) is 0 Å². The third-order valence-corrected chi connectivity index (χ3v) is 3.07. The standard InChI is InChI=1S/C13H12ClNO3/c1-3-18-13(17)8-6-15-11-7(2)4-5-9(14)10(11)12(8)16/h4-6,8H,3H2,1-2H3. The van der Waals surface area contributed by atoms with Gasteiger partial charge in [-0.1, -0.05) is 17.7 Å². The molecule has 2 rings (SSSR count). The van der Waals surface area contributed by atoms with E-state index in [1.165, 1.54) is 6.21 Å². The molecular weight excluding hydrogens is 254 g/mol. The van der Waals surface area contributed by atoms with Crippen LogP contribution < -0.4 is 0 Å². The number of halogens is 1. The van der Waals surface area contributed by atoms with Crippen LogP contribution in [0.25, 0.3) is 0 Å². The first-order valence-corrected chi connectivity index (χ1v) is 5.98. The van der Waals surface area contributed by atoms with Gasteiger partial charge in [-0.05, 0) is 25.5 Å². The van der Waals surface area contributed by atoms with E-state index in [1.807, 2.05) is 6.92 Å².